The molecule has 1 fully saturated rings. The first-order valence-corrected chi connectivity index (χ1v) is 6.89. The van der Waals surface area contributed by atoms with Crippen LogP contribution in [0.4, 0.5) is 0 Å². The summed E-state index contributed by atoms with van der Waals surface area (Å²) in [5.41, 5.74) is 0. The van der Waals surface area contributed by atoms with Crippen LogP contribution in [0.2, 0.25) is 0 Å². The van der Waals surface area contributed by atoms with Crippen LogP contribution in [0.3, 0.4) is 0 Å². The van der Waals surface area contributed by atoms with E-state index in [2.05, 4.69) is 17.6 Å². The Balaban J connectivity index is 0.00000324. The van der Waals surface area contributed by atoms with E-state index in [4.69, 9.17) is 0 Å². The van der Waals surface area contributed by atoms with E-state index >= 15 is 0 Å². The first kappa shape index (κ1) is 18.2. The summed E-state index contributed by atoms with van der Waals surface area (Å²) in [5, 5.41) is 6.17. The van der Waals surface area contributed by atoms with Gasteiger partial charge in [-0.15, -0.1) is 12.4 Å². The second kappa shape index (κ2) is 10.0. The molecular weight excluding hydrogens is 266 g/mol. The lowest BCUT2D eigenvalue weighted by Gasteiger charge is -2.31. The highest BCUT2D eigenvalue weighted by Gasteiger charge is 2.26. The van der Waals surface area contributed by atoms with Gasteiger partial charge in [0.1, 0.15) is 0 Å². The lowest BCUT2D eigenvalue weighted by molar-refractivity contribution is -0.133. The Morgan fingerprint density at radius 3 is 2.63 bits per heavy atom. The molecule has 5 nitrogen and oxygen atoms in total. The van der Waals surface area contributed by atoms with Gasteiger partial charge in [0.15, 0.2) is 0 Å². The predicted octanol–water partition coefficient (Wildman–Crippen LogP) is 0.782. The molecule has 1 atom stereocenters. The molecule has 0 aromatic heterocycles. The maximum Gasteiger partial charge on any atom is 0.224 e. The van der Waals surface area contributed by atoms with Crippen LogP contribution in [0.25, 0.3) is 0 Å². The summed E-state index contributed by atoms with van der Waals surface area (Å²) in [6, 6.07) is 0. The minimum absolute atomic E-state index is 0. The molecule has 0 aromatic rings. The summed E-state index contributed by atoms with van der Waals surface area (Å²) >= 11 is 0. The second-order valence-electron chi connectivity index (χ2n) is 4.85. The zero-order valence-corrected chi connectivity index (χ0v) is 12.7. The Bertz CT molecular complexity index is 287. The molecule has 1 unspecified atom stereocenters. The molecule has 0 aromatic carbocycles. The van der Waals surface area contributed by atoms with Crippen LogP contribution in [0.1, 0.15) is 33.1 Å². The van der Waals surface area contributed by atoms with Crippen molar-refractivity contribution >= 4 is 24.2 Å². The Morgan fingerprint density at radius 1 is 1.26 bits per heavy atom. The van der Waals surface area contributed by atoms with Gasteiger partial charge in [-0.2, -0.15) is 0 Å². The maximum absolute atomic E-state index is 11.9. The van der Waals surface area contributed by atoms with Crippen LogP contribution >= 0.6 is 12.4 Å². The van der Waals surface area contributed by atoms with Gasteiger partial charge in [0.2, 0.25) is 11.8 Å². The van der Waals surface area contributed by atoms with Crippen molar-refractivity contribution in [2.75, 3.05) is 32.7 Å². The molecular formula is C13H26ClN3O2. The summed E-state index contributed by atoms with van der Waals surface area (Å²) in [4.78, 5) is 25.0. The smallest absolute Gasteiger partial charge is 0.224 e. The highest BCUT2D eigenvalue weighted by molar-refractivity contribution is 5.85. The quantitative estimate of drug-likeness (QED) is 0.711. The summed E-state index contributed by atoms with van der Waals surface area (Å²) in [6.45, 7) is 7.50. The standard InChI is InChI=1S/C13H25N3O2.ClH/c1-3-6-14-7-8-15-13(18)12-5-4-9-16(10-12)11(2)17;/h12,14H,3-10H2,1-2H3,(H,15,18);1H. The zero-order chi connectivity index (χ0) is 13.4. The molecule has 1 aliphatic rings. The summed E-state index contributed by atoms with van der Waals surface area (Å²) in [6.07, 6.45) is 2.91. The number of carbonyl (C=O) groups excluding carboxylic acids is 2. The number of halogens is 1. The van der Waals surface area contributed by atoms with Crippen molar-refractivity contribution in [1.29, 1.82) is 0 Å². The first-order valence-electron chi connectivity index (χ1n) is 6.89. The summed E-state index contributed by atoms with van der Waals surface area (Å²) in [7, 11) is 0. The fourth-order valence-electron chi connectivity index (χ4n) is 2.20. The number of nitrogens with zero attached hydrogens (tertiary/aromatic N) is 1. The van der Waals surface area contributed by atoms with E-state index in [-0.39, 0.29) is 30.1 Å². The molecule has 112 valence electrons. The molecule has 1 aliphatic heterocycles. The highest BCUT2D eigenvalue weighted by Crippen LogP contribution is 2.16. The third-order valence-electron chi connectivity index (χ3n) is 3.27. The predicted molar refractivity (Wildman–Crippen MR) is 78.4 cm³/mol. The number of carbonyl (C=O) groups is 2. The molecule has 1 saturated heterocycles. The molecule has 19 heavy (non-hydrogen) atoms. The van der Waals surface area contributed by atoms with Crippen molar-refractivity contribution in [2.24, 2.45) is 5.92 Å². The van der Waals surface area contributed by atoms with E-state index in [0.29, 0.717) is 13.1 Å². The van der Waals surface area contributed by atoms with E-state index in [1.54, 1.807) is 11.8 Å². The maximum atomic E-state index is 11.9. The van der Waals surface area contributed by atoms with Gasteiger partial charge in [-0.05, 0) is 25.8 Å². The molecule has 2 amide bonds. The molecule has 0 bridgehead atoms. The summed E-state index contributed by atoms with van der Waals surface area (Å²) in [5.74, 6) is 0.116. The number of nitrogens with one attached hydrogen (secondary N) is 2. The average Bonchev–Trinajstić information content (AvgIpc) is 2.38. The van der Waals surface area contributed by atoms with Gasteiger partial charge in [-0.3, -0.25) is 9.59 Å². The van der Waals surface area contributed by atoms with E-state index in [0.717, 1.165) is 38.9 Å². The lowest BCUT2D eigenvalue weighted by Crippen LogP contribution is -2.45. The third kappa shape index (κ3) is 6.78. The Morgan fingerprint density at radius 2 is 2.00 bits per heavy atom. The molecule has 0 spiro atoms. The van der Waals surface area contributed by atoms with Gasteiger partial charge in [0.25, 0.3) is 0 Å². The number of hydrogen-bond donors (Lipinski definition) is 2. The van der Waals surface area contributed by atoms with Gasteiger partial charge < -0.3 is 15.5 Å². The van der Waals surface area contributed by atoms with Gasteiger partial charge in [-0.1, -0.05) is 6.92 Å². The lowest BCUT2D eigenvalue weighted by atomic mass is 9.97. The second-order valence-corrected chi connectivity index (χ2v) is 4.85. The molecule has 0 aliphatic carbocycles. The fraction of sp³-hybridized carbons (Fsp3) is 0.846. The normalized spacial score (nSPS) is 18.6. The zero-order valence-electron chi connectivity index (χ0n) is 11.9. The molecule has 2 N–H and O–H groups in total. The van der Waals surface area contributed by atoms with E-state index in [9.17, 15) is 9.59 Å². The van der Waals surface area contributed by atoms with E-state index in [1.165, 1.54) is 0 Å². The van der Waals surface area contributed by atoms with Crippen LogP contribution in [0.5, 0.6) is 0 Å². The highest BCUT2D eigenvalue weighted by atomic mass is 35.5. The number of hydrogen-bond acceptors (Lipinski definition) is 3. The minimum atomic E-state index is -0.0335. The van der Waals surface area contributed by atoms with Crippen molar-refractivity contribution in [2.45, 2.75) is 33.1 Å². The van der Waals surface area contributed by atoms with Crippen LogP contribution in [0.15, 0.2) is 0 Å². The van der Waals surface area contributed by atoms with Gasteiger partial charge in [0, 0.05) is 33.1 Å². The van der Waals surface area contributed by atoms with Crippen molar-refractivity contribution in [3.05, 3.63) is 0 Å². The number of rotatable bonds is 6. The monoisotopic (exact) mass is 291 g/mol. The van der Waals surface area contributed by atoms with Crippen molar-refractivity contribution in [3.63, 3.8) is 0 Å². The van der Waals surface area contributed by atoms with Crippen molar-refractivity contribution in [3.8, 4) is 0 Å². The molecule has 6 heteroatoms. The molecule has 0 radical (unpaired) electrons. The SMILES string of the molecule is CCCNCCNC(=O)C1CCCN(C(C)=O)C1.Cl. The number of piperidine rings is 1. The summed E-state index contributed by atoms with van der Waals surface area (Å²) < 4.78 is 0. The van der Waals surface area contributed by atoms with Crippen LogP contribution < -0.4 is 10.6 Å². The third-order valence-corrected chi connectivity index (χ3v) is 3.27. The van der Waals surface area contributed by atoms with Crippen LogP contribution in [-0.2, 0) is 9.59 Å². The van der Waals surface area contributed by atoms with Crippen molar-refractivity contribution < 1.29 is 9.59 Å². The van der Waals surface area contributed by atoms with Crippen LogP contribution in [-0.4, -0.2) is 49.4 Å². The fourth-order valence-corrected chi connectivity index (χ4v) is 2.20. The van der Waals surface area contributed by atoms with E-state index < -0.39 is 0 Å². The largest absolute Gasteiger partial charge is 0.355 e. The van der Waals surface area contributed by atoms with Gasteiger partial charge >= 0.3 is 0 Å². The van der Waals surface area contributed by atoms with E-state index in [1.807, 2.05) is 0 Å². The molecule has 1 rings (SSSR count). The average molecular weight is 292 g/mol. The molecule has 0 saturated carbocycles. The van der Waals surface area contributed by atoms with Crippen molar-refractivity contribution in [1.82, 2.24) is 15.5 Å². The van der Waals surface area contributed by atoms with Gasteiger partial charge in [-0.25, -0.2) is 0 Å². The Kier molecular flexibility index (Phi) is 9.61. The number of likely N-dealkylation sites (tertiary alicyclic amines) is 1. The Labute approximate surface area is 121 Å². The molecule has 1 heterocycles. The minimum Gasteiger partial charge on any atom is -0.355 e. The first-order chi connectivity index (χ1) is 8.65. The Hall–Kier alpha value is -0.810. The topological polar surface area (TPSA) is 61.4 Å². The van der Waals surface area contributed by atoms with Gasteiger partial charge in [0.05, 0.1) is 5.92 Å². The number of amides is 2. The van der Waals surface area contributed by atoms with Crippen LogP contribution in [0, 0.1) is 5.92 Å².